The fourth-order valence-corrected chi connectivity index (χ4v) is 1.83. The summed E-state index contributed by atoms with van der Waals surface area (Å²) < 4.78 is 0. The van der Waals surface area contributed by atoms with Crippen LogP contribution < -0.4 is 0 Å². The zero-order chi connectivity index (χ0) is 11.7. The first-order valence-corrected chi connectivity index (χ1v) is 5.13. The molecule has 1 aromatic carbocycles. The lowest BCUT2D eigenvalue weighted by Crippen LogP contribution is -2.25. The number of allylic oxidation sites excluding steroid dienone is 1. The molecule has 3 heteroatoms. The largest absolute Gasteiger partial charge is 0.305 e. The Morgan fingerprint density at radius 3 is 2.31 bits per heavy atom. The third-order valence-electron chi connectivity index (χ3n) is 2.52. The minimum atomic E-state index is -0.0768. The molecule has 3 nitrogen and oxygen atoms in total. The third kappa shape index (κ3) is 1.82. The molecule has 0 amide bonds. The minimum absolute atomic E-state index is 0.0381. The molecule has 0 saturated heterocycles. The van der Waals surface area contributed by atoms with Gasteiger partial charge in [0.05, 0.1) is 0 Å². The monoisotopic (exact) mass is 215 g/mol. The molecule has 0 saturated carbocycles. The number of likely N-dealkylation sites (N-methyl/N-ethyl adjacent to an activating group) is 1. The van der Waals surface area contributed by atoms with E-state index in [-0.39, 0.29) is 11.6 Å². The molecule has 0 bridgehead atoms. The molecule has 0 atom stereocenters. The summed E-state index contributed by atoms with van der Waals surface area (Å²) in [5, 5.41) is 0. The van der Waals surface area contributed by atoms with Crippen LogP contribution in [-0.2, 0) is 0 Å². The van der Waals surface area contributed by atoms with Gasteiger partial charge in [-0.15, -0.1) is 0 Å². The average molecular weight is 215 g/mol. The van der Waals surface area contributed by atoms with Gasteiger partial charge in [-0.25, -0.2) is 0 Å². The minimum Gasteiger partial charge on any atom is -0.305 e. The fourth-order valence-electron chi connectivity index (χ4n) is 1.83. The highest BCUT2D eigenvalue weighted by molar-refractivity contribution is 6.24. The Balaban J connectivity index is 2.43. The van der Waals surface area contributed by atoms with Gasteiger partial charge in [-0.1, -0.05) is 24.3 Å². The number of nitrogens with zero attached hydrogens (tertiary/aromatic N) is 1. The van der Waals surface area contributed by atoms with E-state index >= 15 is 0 Å². The molecule has 1 aliphatic rings. The topological polar surface area (TPSA) is 37.4 Å². The molecule has 1 aliphatic carbocycles. The fraction of sp³-hybridized carbons (Fsp3) is 0.231. The molecular formula is C13H13NO2. The van der Waals surface area contributed by atoms with E-state index in [0.29, 0.717) is 23.2 Å². The summed E-state index contributed by atoms with van der Waals surface area (Å²) >= 11 is 0. The molecule has 1 aromatic rings. The molecule has 82 valence electrons. The second-order valence-electron chi connectivity index (χ2n) is 4.15. The highest BCUT2D eigenvalue weighted by atomic mass is 16.1. The van der Waals surface area contributed by atoms with Crippen LogP contribution in [-0.4, -0.2) is 37.1 Å². The van der Waals surface area contributed by atoms with Crippen LogP contribution in [0.2, 0.25) is 0 Å². The highest BCUT2D eigenvalue weighted by Gasteiger charge is 2.24. The number of rotatable bonds is 2. The first-order chi connectivity index (χ1) is 7.59. The van der Waals surface area contributed by atoms with Crippen molar-refractivity contribution in [3.8, 4) is 0 Å². The second-order valence-corrected chi connectivity index (χ2v) is 4.15. The maximum atomic E-state index is 12.1. The van der Waals surface area contributed by atoms with Gasteiger partial charge < -0.3 is 4.90 Å². The lowest BCUT2D eigenvalue weighted by molar-refractivity contribution is 0.0978. The summed E-state index contributed by atoms with van der Waals surface area (Å²) in [4.78, 5) is 25.7. The van der Waals surface area contributed by atoms with Crippen LogP contribution in [0.25, 0.3) is 0 Å². The highest BCUT2D eigenvalue weighted by Crippen LogP contribution is 2.21. The summed E-state index contributed by atoms with van der Waals surface area (Å²) in [5.74, 6) is -0.115. The molecule has 0 aliphatic heterocycles. The SMILES string of the molecule is CN(C)CC1=CC(=O)c2ccccc2C1=O. The van der Waals surface area contributed by atoms with Gasteiger partial charge in [0.25, 0.3) is 0 Å². The van der Waals surface area contributed by atoms with E-state index < -0.39 is 0 Å². The number of benzene rings is 1. The van der Waals surface area contributed by atoms with Crippen molar-refractivity contribution in [3.05, 3.63) is 47.0 Å². The molecule has 0 aromatic heterocycles. The van der Waals surface area contributed by atoms with Crippen LogP contribution in [0.1, 0.15) is 20.7 Å². The lowest BCUT2D eigenvalue weighted by atomic mass is 9.89. The van der Waals surface area contributed by atoms with Gasteiger partial charge in [-0.2, -0.15) is 0 Å². The van der Waals surface area contributed by atoms with Gasteiger partial charge in [0.1, 0.15) is 0 Å². The Hall–Kier alpha value is -1.74. The van der Waals surface area contributed by atoms with E-state index in [4.69, 9.17) is 0 Å². The summed E-state index contributed by atoms with van der Waals surface area (Å²) in [6.07, 6.45) is 1.45. The Kier molecular flexibility index (Phi) is 2.71. The normalized spacial score (nSPS) is 15.1. The molecule has 2 rings (SSSR count). The molecule has 16 heavy (non-hydrogen) atoms. The van der Waals surface area contributed by atoms with Crippen molar-refractivity contribution in [1.29, 1.82) is 0 Å². The number of ketones is 2. The van der Waals surface area contributed by atoms with Crippen molar-refractivity contribution < 1.29 is 9.59 Å². The smallest absolute Gasteiger partial charge is 0.191 e. The zero-order valence-corrected chi connectivity index (χ0v) is 9.36. The summed E-state index contributed by atoms with van der Waals surface area (Å²) in [5.41, 5.74) is 1.59. The standard InChI is InChI=1S/C13H13NO2/c1-14(2)8-9-7-12(15)10-5-3-4-6-11(10)13(9)16/h3-7H,8H2,1-2H3. The van der Waals surface area contributed by atoms with Crippen LogP contribution in [0.5, 0.6) is 0 Å². The zero-order valence-electron chi connectivity index (χ0n) is 9.36. The van der Waals surface area contributed by atoms with Gasteiger partial charge in [0, 0.05) is 23.2 Å². The van der Waals surface area contributed by atoms with Crippen molar-refractivity contribution in [3.63, 3.8) is 0 Å². The summed E-state index contributed by atoms with van der Waals surface area (Å²) in [7, 11) is 3.75. The first kappa shape index (κ1) is 10.8. The molecule has 0 radical (unpaired) electrons. The predicted molar refractivity (Wildman–Crippen MR) is 61.7 cm³/mol. The Labute approximate surface area is 94.4 Å². The van der Waals surface area contributed by atoms with E-state index in [9.17, 15) is 9.59 Å². The van der Waals surface area contributed by atoms with E-state index in [0.717, 1.165) is 0 Å². The van der Waals surface area contributed by atoms with Crippen LogP contribution in [0.15, 0.2) is 35.9 Å². The molecule has 0 unspecified atom stereocenters. The molecule has 0 heterocycles. The predicted octanol–water partition coefficient (Wildman–Crippen LogP) is 1.55. The van der Waals surface area contributed by atoms with Gasteiger partial charge in [-0.3, -0.25) is 9.59 Å². The van der Waals surface area contributed by atoms with Gasteiger partial charge in [0.2, 0.25) is 0 Å². The Bertz CT molecular complexity index is 486. The van der Waals surface area contributed by atoms with E-state index in [1.54, 1.807) is 24.3 Å². The number of fused-ring (bicyclic) bond motifs is 1. The third-order valence-corrected chi connectivity index (χ3v) is 2.52. The van der Waals surface area contributed by atoms with Crippen LogP contribution >= 0.6 is 0 Å². The first-order valence-electron chi connectivity index (χ1n) is 5.13. The molecule has 0 fully saturated rings. The van der Waals surface area contributed by atoms with E-state index in [1.165, 1.54) is 6.08 Å². The maximum Gasteiger partial charge on any atom is 0.191 e. The quantitative estimate of drug-likeness (QED) is 0.751. The van der Waals surface area contributed by atoms with Crippen molar-refractivity contribution in [2.24, 2.45) is 0 Å². The Morgan fingerprint density at radius 1 is 1.06 bits per heavy atom. The van der Waals surface area contributed by atoms with Gasteiger partial charge in [-0.05, 0) is 20.2 Å². The number of Topliss-reactive ketones (excluding diaryl/α,β-unsaturated/α-hetero) is 1. The number of hydrogen-bond acceptors (Lipinski definition) is 3. The van der Waals surface area contributed by atoms with Crippen molar-refractivity contribution in [2.45, 2.75) is 0 Å². The van der Waals surface area contributed by atoms with Crippen molar-refractivity contribution in [2.75, 3.05) is 20.6 Å². The molecule has 0 spiro atoms. The van der Waals surface area contributed by atoms with Crippen LogP contribution in [0.4, 0.5) is 0 Å². The number of carbonyl (C=O) groups excluding carboxylic acids is 2. The maximum absolute atomic E-state index is 12.1. The van der Waals surface area contributed by atoms with Crippen molar-refractivity contribution >= 4 is 11.6 Å². The van der Waals surface area contributed by atoms with Crippen molar-refractivity contribution in [1.82, 2.24) is 4.90 Å². The molecule has 0 N–H and O–H groups in total. The van der Waals surface area contributed by atoms with Gasteiger partial charge in [0.15, 0.2) is 11.6 Å². The Morgan fingerprint density at radius 2 is 1.69 bits per heavy atom. The second kappa shape index (κ2) is 4.02. The van der Waals surface area contributed by atoms with Gasteiger partial charge >= 0.3 is 0 Å². The summed E-state index contributed by atoms with van der Waals surface area (Å²) in [6, 6.07) is 6.95. The van der Waals surface area contributed by atoms with Crippen LogP contribution in [0.3, 0.4) is 0 Å². The van der Waals surface area contributed by atoms with E-state index in [2.05, 4.69) is 0 Å². The molecular weight excluding hydrogens is 202 g/mol. The number of hydrogen-bond donors (Lipinski definition) is 0. The van der Waals surface area contributed by atoms with E-state index in [1.807, 2.05) is 19.0 Å². The average Bonchev–Trinajstić information content (AvgIpc) is 2.25. The van der Waals surface area contributed by atoms with Crippen LogP contribution in [0, 0.1) is 0 Å². The number of carbonyl (C=O) groups is 2. The summed E-state index contributed by atoms with van der Waals surface area (Å²) in [6.45, 7) is 0.499. The lowest BCUT2D eigenvalue weighted by Gasteiger charge is -2.17.